The fourth-order valence-corrected chi connectivity index (χ4v) is 3.18. The summed E-state index contributed by atoms with van der Waals surface area (Å²) < 4.78 is 22.6. The van der Waals surface area contributed by atoms with Gasteiger partial charge in [-0.1, -0.05) is 26.2 Å². The maximum Gasteiger partial charge on any atom is 0.152 e. The topological polar surface area (TPSA) is 54.4 Å². The molecule has 0 aromatic heterocycles. The smallest absolute Gasteiger partial charge is 0.152 e. The Labute approximate surface area is 80.1 Å². The summed E-state index contributed by atoms with van der Waals surface area (Å²) in [5, 5.41) is 9.96. The molecule has 0 aromatic carbocycles. The van der Waals surface area contributed by atoms with Crippen molar-refractivity contribution in [3.8, 4) is 0 Å². The van der Waals surface area contributed by atoms with Gasteiger partial charge < -0.3 is 5.11 Å². The van der Waals surface area contributed by atoms with E-state index in [2.05, 4.69) is 0 Å². The summed E-state index contributed by atoms with van der Waals surface area (Å²) in [5.74, 6) is 0.0891. The highest BCUT2D eigenvalue weighted by molar-refractivity contribution is 7.91. The molecule has 4 heteroatoms. The lowest BCUT2D eigenvalue weighted by Gasteiger charge is -2.31. The van der Waals surface area contributed by atoms with Gasteiger partial charge in [0.25, 0.3) is 0 Å². The molecule has 1 N–H and O–H groups in total. The zero-order chi connectivity index (χ0) is 9.95. The summed E-state index contributed by atoms with van der Waals surface area (Å²) >= 11 is 0. The largest absolute Gasteiger partial charge is 0.389 e. The Morgan fingerprint density at radius 2 is 1.77 bits per heavy atom. The molecular formula is C9H18O3S. The summed E-state index contributed by atoms with van der Waals surface area (Å²) in [4.78, 5) is 0. The zero-order valence-corrected chi connectivity index (χ0v) is 8.94. The number of hydrogen-bond donors (Lipinski definition) is 1. The van der Waals surface area contributed by atoms with Crippen LogP contribution in [0.2, 0.25) is 0 Å². The highest BCUT2D eigenvalue weighted by atomic mass is 32.2. The number of hydrogen-bond acceptors (Lipinski definition) is 3. The third-order valence-electron chi connectivity index (χ3n) is 2.71. The second-order valence-electron chi connectivity index (χ2n) is 3.96. The van der Waals surface area contributed by atoms with E-state index in [1.165, 1.54) is 0 Å². The van der Waals surface area contributed by atoms with Gasteiger partial charge in [0.1, 0.15) is 0 Å². The maximum atomic E-state index is 11.3. The lowest BCUT2D eigenvalue weighted by molar-refractivity contribution is 0.0257. The van der Waals surface area contributed by atoms with E-state index in [-0.39, 0.29) is 11.5 Å². The van der Waals surface area contributed by atoms with Crippen molar-refractivity contribution in [2.24, 2.45) is 0 Å². The van der Waals surface area contributed by atoms with Crippen molar-refractivity contribution in [2.45, 2.75) is 44.6 Å². The SMILES string of the molecule is CCS(=O)(=O)CC1(O)CCCCC1. The first-order valence-electron chi connectivity index (χ1n) is 4.90. The Morgan fingerprint density at radius 3 is 2.23 bits per heavy atom. The zero-order valence-electron chi connectivity index (χ0n) is 8.12. The summed E-state index contributed by atoms with van der Waals surface area (Å²) in [6.07, 6.45) is 4.32. The molecule has 0 radical (unpaired) electrons. The molecular weight excluding hydrogens is 188 g/mol. The molecule has 0 amide bonds. The van der Waals surface area contributed by atoms with Gasteiger partial charge >= 0.3 is 0 Å². The molecule has 1 aliphatic carbocycles. The Morgan fingerprint density at radius 1 is 1.23 bits per heavy atom. The van der Waals surface area contributed by atoms with Gasteiger partial charge in [-0.25, -0.2) is 8.42 Å². The second-order valence-corrected chi connectivity index (χ2v) is 6.31. The Bertz CT molecular complexity index is 250. The second kappa shape index (κ2) is 3.96. The van der Waals surface area contributed by atoms with Gasteiger partial charge in [-0.15, -0.1) is 0 Å². The summed E-state index contributed by atoms with van der Waals surface area (Å²) in [6.45, 7) is 1.63. The van der Waals surface area contributed by atoms with E-state index in [0.29, 0.717) is 12.8 Å². The van der Waals surface area contributed by atoms with Crippen LogP contribution in [0, 0.1) is 0 Å². The third-order valence-corrected chi connectivity index (χ3v) is 4.57. The van der Waals surface area contributed by atoms with E-state index in [1.807, 2.05) is 0 Å². The molecule has 13 heavy (non-hydrogen) atoms. The molecule has 1 saturated carbocycles. The van der Waals surface area contributed by atoms with Crippen LogP contribution in [0.15, 0.2) is 0 Å². The quantitative estimate of drug-likeness (QED) is 0.752. The Balaban J connectivity index is 2.60. The molecule has 0 saturated heterocycles. The predicted octanol–water partition coefficient (Wildman–Crippen LogP) is 1.12. The molecule has 1 rings (SSSR count). The van der Waals surface area contributed by atoms with Crippen LogP contribution in [-0.4, -0.2) is 30.6 Å². The minimum absolute atomic E-state index is 0.0451. The van der Waals surface area contributed by atoms with E-state index < -0.39 is 15.4 Å². The molecule has 0 aliphatic heterocycles. The van der Waals surface area contributed by atoms with Crippen LogP contribution in [0.4, 0.5) is 0 Å². The molecule has 1 fully saturated rings. The first kappa shape index (κ1) is 11.0. The van der Waals surface area contributed by atoms with Crippen molar-refractivity contribution in [1.82, 2.24) is 0 Å². The van der Waals surface area contributed by atoms with Crippen LogP contribution >= 0.6 is 0 Å². The monoisotopic (exact) mass is 206 g/mol. The number of aliphatic hydroxyl groups is 1. The third kappa shape index (κ3) is 3.27. The van der Waals surface area contributed by atoms with Crippen LogP contribution < -0.4 is 0 Å². The fraction of sp³-hybridized carbons (Fsp3) is 1.00. The van der Waals surface area contributed by atoms with Crippen LogP contribution in [0.25, 0.3) is 0 Å². The summed E-state index contributed by atoms with van der Waals surface area (Å²) in [5.41, 5.74) is -0.924. The van der Waals surface area contributed by atoms with Gasteiger partial charge in [-0.05, 0) is 12.8 Å². The van der Waals surface area contributed by atoms with Crippen molar-refractivity contribution >= 4 is 9.84 Å². The maximum absolute atomic E-state index is 11.3. The molecule has 3 nitrogen and oxygen atoms in total. The van der Waals surface area contributed by atoms with Gasteiger partial charge in [0.15, 0.2) is 9.84 Å². The van der Waals surface area contributed by atoms with E-state index in [4.69, 9.17) is 0 Å². The fourth-order valence-electron chi connectivity index (χ4n) is 1.87. The van der Waals surface area contributed by atoms with Crippen molar-refractivity contribution in [2.75, 3.05) is 11.5 Å². The van der Waals surface area contributed by atoms with E-state index in [9.17, 15) is 13.5 Å². The first-order chi connectivity index (χ1) is 5.97. The standard InChI is InChI=1S/C9H18O3S/c1-2-13(11,12)8-9(10)6-4-3-5-7-9/h10H,2-8H2,1H3. The minimum atomic E-state index is -3.03. The van der Waals surface area contributed by atoms with Crippen molar-refractivity contribution in [3.05, 3.63) is 0 Å². The van der Waals surface area contributed by atoms with Gasteiger partial charge in [0.2, 0.25) is 0 Å². The van der Waals surface area contributed by atoms with Crippen LogP contribution in [0.3, 0.4) is 0 Å². The highest BCUT2D eigenvalue weighted by Gasteiger charge is 2.33. The van der Waals surface area contributed by atoms with E-state index in [0.717, 1.165) is 19.3 Å². The Kier molecular flexibility index (Phi) is 3.35. The minimum Gasteiger partial charge on any atom is -0.389 e. The van der Waals surface area contributed by atoms with Crippen LogP contribution in [0.1, 0.15) is 39.0 Å². The summed E-state index contributed by atoms with van der Waals surface area (Å²) in [7, 11) is -3.03. The molecule has 0 bridgehead atoms. The van der Waals surface area contributed by atoms with Crippen molar-refractivity contribution in [1.29, 1.82) is 0 Å². The summed E-state index contributed by atoms with van der Waals surface area (Å²) in [6, 6.07) is 0. The van der Waals surface area contributed by atoms with Gasteiger partial charge in [0.05, 0.1) is 11.4 Å². The van der Waals surface area contributed by atoms with E-state index >= 15 is 0 Å². The van der Waals surface area contributed by atoms with E-state index in [1.54, 1.807) is 6.92 Å². The first-order valence-corrected chi connectivity index (χ1v) is 6.72. The molecule has 1 aliphatic rings. The van der Waals surface area contributed by atoms with Gasteiger partial charge in [-0.3, -0.25) is 0 Å². The molecule has 0 unspecified atom stereocenters. The number of sulfone groups is 1. The lowest BCUT2D eigenvalue weighted by Crippen LogP contribution is -2.39. The molecule has 0 heterocycles. The Hall–Kier alpha value is -0.0900. The van der Waals surface area contributed by atoms with Crippen LogP contribution in [-0.2, 0) is 9.84 Å². The van der Waals surface area contributed by atoms with Crippen LogP contribution in [0.5, 0.6) is 0 Å². The normalized spacial score (nSPS) is 22.9. The van der Waals surface area contributed by atoms with Crippen molar-refractivity contribution < 1.29 is 13.5 Å². The molecule has 0 aromatic rings. The average Bonchev–Trinajstić information content (AvgIpc) is 2.04. The average molecular weight is 206 g/mol. The van der Waals surface area contributed by atoms with Crippen molar-refractivity contribution in [3.63, 3.8) is 0 Å². The number of rotatable bonds is 3. The molecule has 0 atom stereocenters. The predicted molar refractivity (Wildman–Crippen MR) is 52.4 cm³/mol. The molecule has 78 valence electrons. The lowest BCUT2D eigenvalue weighted by atomic mass is 9.86. The van der Waals surface area contributed by atoms with Gasteiger partial charge in [0, 0.05) is 5.75 Å². The molecule has 0 spiro atoms. The van der Waals surface area contributed by atoms with Gasteiger partial charge in [-0.2, -0.15) is 0 Å². The highest BCUT2D eigenvalue weighted by Crippen LogP contribution is 2.29.